The SMILES string of the molecule is C=CC(=O)NC1CCC[C@H]1NC(=O)c1sc2nccc3c2c1NC(=O)N3c1cnc(CC(C)C)cc1C. The Bertz CT molecular complexity index is 1410. The fourth-order valence-corrected chi connectivity index (χ4v) is 6.16. The van der Waals surface area contributed by atoms with Crippen molar-refractivity contribution in [1.29, 1.82) is 0 Å². The molecule has 3 aromatic rings. The molecule has 0 bridgehead atoms. The van der Waals surface area contributed by atoms with Crippen molar-refractivity contribution >= 4 is 56.5 Å². The van der Waals surface area contributed by atoms with Gasteiger partial charge in [0, 0.05) is 24.0 Å². The van der Waals surface area contributed by atoms with Crippen molar-refractivity contribution in [2.75, 3.05) is 10.2 Å². The second-order valence-electron chi connectivity index (χ2n) is 9.97. The first kappa shape index (κ1) is 24.9. The average Bonchev–Trinajstić information content (AvgIpc) is 3.44. The number of pyridine rings is 2. The van der Waals surface area contributed by atoms with E-state index in [1.54, 1.807) is 23.4 Å². The molecule has 1 saturated carbocycles. The molecule has 1 aliphatic heterocycles. The minimum Gasteiger partial charge on any atom is -0.348 e. The summed E-state index contributed by atoms with van der Waals surface area (Å²) in [5.74, 6) is -0.0729. The highest BCUT2D eigenvalue weighted by Crippen LogP contribution is 2.46. The Kier molecular flexibility index (Phi) is 6.68. The molecule has 3 N–H and O–H groups in total. The van der Waals surface area contributed by atoms with Crippen LogP contribution in [-0.4, -0.2) is 39.9 Å². The zero-order valence-corrected chi connectivity index (χ0v) is 21.9. The maximum absolute atomic E-state index is 13.4. The van der Waals surface area contributed by atoms with Gasteiger partial charge in [0.25, 0.3) is 5.91 Å². The summed E-state index contributed by atoms with van der Waals surface area (Å²) >= 11 is 1.24. The van der Waals surface area contributed by atoms with Gasteiger partial charge in [0.15, 0.2) is 0 Å². The molecule has 192 valence electrons. The van der Waals surface area contributed by atoms with Crippen LogP contribution in [0, 0.1) is 12.8 Å². The Balaban J connectivity index is 1.47. The summed E-state index contributed by atoms with van der Waals surface area (Å²) in [4.78, 5) is 50.3. The molecule has 3 aromatic heterocycles. The Hall–Kier alpha value is -3.79. The van der Waals surface area contributed by atoms with Crippen molar-refractivity contribution in [3.05, 3.63) is 53.3 Å². The molecule has 5 rings (SSSR count). The number of hydrogen-bond acceptors (Lipinski definition) is 6. The first-order valence-corrected chi connectivity index (χ1v) is 13.3. The van der Waals surface area contributed by atoms with Gasteiger partial charge in [-0.3, -0.25) is 19.5 Å². The first-order chi connectivity index (χ1) is 17.8. The highest BCUT2D eigenvalue weighted by Gasteiger charge is 2.35. The van der Waals surface area contributed by atoms with Crippen LogP contribution in [0.1, 0.15) is 54.0 Å². The topological polar surface area (TPSA) is 116 Å². The number of nitrogens with zero attached hydrogens (tertiary/aromatic N) is 3. The number of aryl methyl sites for hydroxylation is 1. The summed E-state index contributed by atoms with van der Waals surface area (Å²) in [6.07, 6.45) is 7.92. The van der Waals surface area contributed by atoms with Crippen LogP contribution in [-0.2, 0) is 11.2 Å². The normalized spacial score (nSPS) is 18.7. The summed E-state index contributed by atoms with van der Waals surface area (Å²) in [6.45, 7) is 9.76. The lowest BCUT2D eigenvalue weighted by Crippen LogP contribution is -2.48. The summed E-state index contributed by atoms with van der Waals surface area (Å²) < 4.78 is 0. The average molecular weight is 519 g/mol. The van der Waals surface area contributed by atoms with Gasteiger partial charge in [0.1, 0.15) is 9.71 Å². The number of urea groups is 1. The van der Waals surface area contributed by atoms with Crippen LogP contribution >= 0.6 is 11.3 Å². The molecule has 9 nitrogen and oxygen atoms in total. The second-order valence-corrected chi connectivity index (χ2v) is 11.0. The lowest BCUT2D eigenvalue weighted by Gasteiger charge is -2.29. The number of carbonyl (C=O) groups is 3. The van der Waals surface area contributed by atoms with Crippen LogP contribution in [0.2, 0.25) is 0 Å². The van der Waals surface area contributed by atoms with Crippen molar-refractivity contribution in [2.24, 2.45) is 5.92 Å². The van der Waals surface area contributed by atoms with Crippen molar-refractivity contribution in [3.63, 3.8) is 0 Å². The number of rotatable bonds is 7. The molecule has 0 spiro atoms. The molecule has 10 heteroatoms. The molecule has 1 fully saturated rings. The Labute approximate surface area is 219 Å². The minimum atomic E-state index is -0.356. The van der Waals surface area contributed by atoms with Crippen molar-refractivity contribution < 1.29 is 14.4 Å². The van der Waals surface area contributed by atoms with Crippen LogP contribution in [0.25, 0.3) is 10.2 Å². The van der Waals surface area contributed by atoms with E-state index in [2.05, 4.69) is 46.3 Å². The second kappa shape index (κ2) is 9.93. The molecule has 1 unspecified atom stereocenters. The molecule has 1 aliphatic carbocycles. The number of carbonyl (C=O) groups excluding carboxylic acids is 3. The van der Waals surface area contributed by atoms with Gasteiger partial charge in [-0.2, -0.15) is 0 Å². The van der Waals surface area contributed by atoms with Crippen molar-refractivity contribution in [3.8, 4) is 0 Å². The predicted molar refractivity (Wildman–Crippen MR) is 146 cm³/mol. The zero-order chi connectivity index (χ0) is 26.3. The number of hydrogen-bond donors (Lipinski definition) is 3. The van der Waals surface area contributed by atoms with Gasteiger partial charge < -0.3 is 16.0 Å². The maximum Gasteiger partial charge on any atom is 0.331 e. The minimum absolute atomic E-state index is 0.159. The van der Waals surface area contributed by atoms with E-state index in [-0.39, 0.29) is 29.9 Å². The van der Waals surface area contributed by atoms with E-state index in [1.807, 2.05) is 13.0 Å². The summed E-state index contributed by atoms with van der Waals surface area (Å²) in [5, 5.41) is 9.63. The van der Waals surface area contributed by atoms with E-state index in [4.69, 9.17) is 0 Å². The molecular formula is C27H30N6O3S. The lowest BCUT2D eigenvalue weighted by molar-refractivity contribution is -0.117. The standard InChI is InChI=1S/C27H30N6O3S/c1-5-21(34)30-17-7-6-8-18(17)31-25(35)24-23-22-19(9-10-28-26(22)37-24)33(27(36)32-23)20-13-29-16(11-14(2)3)12-15(20)4/h5,9-10,12-14,17-18H,1,6-8,11H2,2-4H3,(H,30,34)(H,31,35)(H,32,36)/t17?,18-/m1/s1. The van der Waals surface area contributed by atoms with Gasteiger partial charge in [-0.05, 0) is 62.3 Å². The Morgan fingerprint density at radius 1 is 1.24 bits per heavy atom. The molecule has 4 heterocycles. The summed E-state index contributed by atoms with van der Waals surface area (Å²) in [7, 11) is 0. The summed E-state index contributed by atoms with van der Waals surface area (Å²) in [6, 6.07) is 3.10. The highest BCUT2D eigenvalue weighted by molar-refractivity contribution is 7.21. The Morgan fingerprint density at radius 3 is 2.70 bits per heavy atom. The van der Waals surface area contributed by atoms with E-state index in [0.29, 0.717) is 32.7 Å². The number of nitrogens with one attached hydrogen (secondary N) is 3. The molecule has 37 heavy (non-hydrogen) atoms. The highest BCUT2D eigenvalue weighted by atomic mass is 32.1. The number of aromatic nitrogens is 2. The third-order valence-corrected chi connectivity index (χ3v) is 7.89. The first-order valence-electron chi connectivity index (χ1n) is 12.5. The quantitative estimate of drug-likeness (QED) is 0.387. The van der Waals surface area contributed by atoms with Crippen molar-refractivity contribution in [2.45, 2.75) is 58.5 Å². The van der Waals surface area contributed by atoms with E-state index in [9.17, 15) is 14.4 Å². The van der Waals surface area contributed by atoms with Gasteiger partial charge in [-0.15, -0.1) is 11.3 Å². The molecule has 0 saturated heterocycles. The molecule has 0 radical (unpaired) electrons. The molecule has 2 aliphatic rings. The summed E-state index contributed by atoms with van der Waals surface area (Å²) in [5.41, 5.74) is 3.74. The molecule has 2 atom stereocenters. The molecule has 4 amide bonds. The molecular weight excluding hydrogens is 488 g/mol. The number of anilines is 3. The molecule has 0 aromatic carbocycles. The smallest absolute Gasteiger partial charge is 0.331 e. The van der Waals surface area contributed by atoms with Gasteiger partial charge in [0.2, 0.25) is 5.91 Å². The fraction of sp³-hybridized carbons (Fsp3) is 0.370. The number of thiophene rings is 1. The largest absolute Gasteiger partial charge is 0.348 e. The third kappa shape index (κ3) is 4.69. The van der Waals surface area contributed by atoms with Crippen LogP contribution in [0.3, 0.4) is 0 Å². The van der Waals surface area contributed by atoms with Crippen LogP contribution in [0.5, 0.6) is 0 Å². The monoisotopic (exact) mass is 518 g/mol. The third-order valence-electron chi connectivity index (χ3n) is 6.80. The van der Waals surface area contributed by atoms with Gasteiger partial charge in [0.05, 0.1) is 28.6 Å². The van der Waals surface area contributed by atoms with E-state index in [1.165, 1.54) is 17.4 Å². The predicted octanol–water partition coefficient (Wildman–Crippen LogP) is 4.83. The van der Waals surface area contributed by atoms with Crippen molar-refractivity contribution in [1.82, 2.24) is 20.6 Å². The number of amides is 4. The van der Waals surface area contributed by atoms with Gasteiger partial charge in [-0.1, -0.05) is 20.4 Å². The van der Waals surface area contributed by atoms with Gasteiger partial charge >= 0.3 is 6.03 Å². The van der Waals surface area contributed by atoms with Gasteiger partial charge in [-0.25, -0.2) is 9.78 Å². The zero-order valence-electron chi connectivity index (χ0n) is 21.1. The van der Waals surface area contributed by atoms with Crippen LogP contribution < -0.4 is 20.9 Å². The van der Waals surface area contributed by atoms with Crippen LogP contribution in [0.4, 0.5) is 21.9 Å². The van der Waals surface area contributed by atoms with E-state index >= 15 is 0 Å². The van der Waals surface area contributed by atoms with E-state index < -0.39 is 0 Å². The fourth-order valence-electron chi connectivity index (χ4n) is 5.14. The maximum atomic E-state index is 13.4. The van der Waals surface area contributed by atoms with Crippen LogP contribution in [0.15, 0.2) is 37.2 Å². The van der Waals surface area contributed by atoms with E-state index in [0.717, 1.165) is 42.3 Å². The lowest BCUT2D eigenvalue weighted by atomic mass is 10.0. The Morgan fingerprint density at radius 2 is 2.00 bits per heavy atom.